The first-order valence-corrected chi connectivity index (χ1v) is 8.36. The lowest BCUT2D eigenvalue weighted by Crippen LogP contribution is -2.14. The Kier molecular flexibility index (Phi) is 5.03. The number of carbonyl (C=O) groups excluding carboxylic acids is 1. The number of methoxy groups -OCH3 is 1. The third-order valence-corrected chi connectivity index (χ3v) is 4.21. The Morgan fingerprint density at radius 1 is 1.11 bits per heavy atom. The van der Waals surface area contributed by atoms with Crippen molar-refractivity contribution in [3.8, 4) is 17.2 Å². The molecule has 0 spiro atoms. The van der Waals surface area contributed by atoms with E-state index in [1.165, 1.54) is 12.1 Å². The summed E-state index contributed by atoms with van der Waals surface area (Å²) in [7, 11) is 1.55. The van der Waals surface area contributed by atoms with E-state index in [-0.39, 0.29) is 30.0 Å². The Balaban J connectivity index is 2.30. The molecule has 3 aromatic rings. The first-order chi connectivity index (χ1) is 13.0. The van der Waals surface area contributed by atoms with Gasteiger partial charge in [-0.15, -0.1) is 0 Å². The van der Waals surface area contributed by atoms with Gasteiger partial charge in [0.1, 0.15) is 11.5 Å². The second-order valence-corrected chi connectivity index (χ2v) is 5.84. The fraction of sp³-hybridized carbons (Fsp3) is 0.200. The van der Waals surface area contributed by atoms with E-state index in [9.17, 15) is 19.8 Å². The van der Waals surface area contributed by atoms with Crippen molar-refractivity contribution in [2.45, 2.75) is 13.3 Å². The third kappa shape index (κ3) is 3.44. The summed E-state index contributed by atoms with van der Waals surface area (Å²) in [6.07, 6.45) is -0.211. The van der Waals surface area contributed by atoms with Gasteiger partial charge in [0, 0.05) is 16.8 Å². The Hall–Kier alpha value is -3.48. The minimum absolute atomic E-state index is 0.0372. The van der Waals surface area contributed by atoms with Crippen LogP contribution in [0.4, 0.5) is 0 Å². The largest absolute Gasteiger partial charge is 0.508 e. The van der Waals surface area contributed by atoms with Gasteiger partial charge in [-0.05, 0) is 49.4 Å². The molecule has 7 nitrogen and oxygen atoms in total. The van der Waals surface area contributed by atoms with E-state index in [4.69, 9.17) is 9.47 Å². The number of phenols is 1. The molecule has 27 heavy (non-hydrogen) atoms. The van der Waals surface area contributed by atoms with Gasteiger partial charge in [-0.2, -0.15) is 0 Å². The normalized spacial score (nSPS) is 10.7. The number of fused-ring (bicyclic) bond motifs is 1. The van der Waals surface area contributed by atoms with Gasteiger partial charge in [0.25, 0.3) is 0 Å². The van der Waals surface area contributed by atoms with Crippen molar-refractivity contribution in [3.63, 3.8) is 0 Å². The van der Waals surface area contributed by atoms with Crippen molar-refractivity contribution in [3.05, 3.63) is 53.7 Å². The topological polar surface area (TPSA) is 98.0 Å². The Bertz CT molecular complexity index is 1000. The molecule has 1 heterocycles. The molecule has 0 saturated carbocycles. The predicted octanol–water partition coefficient (Wildman–Crippen LogP) is 3.15. The van der Waals surface area contributed by atoms with E-state index in [1.807, 2.05) is 0 Å². The Labute approximate surface area is 155 Å². The monoisotopic (exact) mass is 369 g/mol. The number of nitrogens with zero attached hydrogens (tertiary/aromatic N) is 1. The average molecular weight is 369 g/mol. The standard InChI is InChI=1S/C20H19NO6/c1-3-27-18(23)11-17-19(20(24)25)15-10-13(22)6-9-16(15)21(17)12-4-7-14(26-2)8-5-12/h4-10,22H,3,11H2,1-2H3,(H,24,25). The van der Waals surface area contributed by atoms with Crippen LogP contribution in [0, 0.1) is 0 Å². The molecule has 7 heteroatoms. The second-order valence-electron chi connectivity index (χ2n) is 5.84. The minimum Gasteiger partial charge on any atom is -0.508 e. The molecule has 0 aliphatic carbocycles. The fourth-order valence-electron chi connectivity index (χ4n) is 3.11. The number of phenolic OH excluding ortho intramolecular Hbond substituents is 1. The third-order valence-electron chi connectivity index (χ3n) is 4.21. The smallest absolute Gasteiger partial charge is 0.338 e. The molecule has 140 valence electrons. The fourth-order valence-corrected chi connectivity index (χ4v) is 3.11. The lowest BCUT2D eigenvalue weighted by Gasteiger charge is -2.12. The summed E-state index contributed by atoms with van der Waals surface area (Å²) in [4.78, 5) is 24.1. The van der Waals surface area contributed by atoms with Gasteiger partial charge in [0.2, 0.25) is 0 Å². The molecule has 0 unspecified atom stereocenters. The molecule has 0 saturated heterocycles. The van der Waals surface area contributed by atoms with Crippen molar-refractivity contribution >= 4 is 22.8 Å². The van der Waals surface area contributed by atoms with Crippen LogP contribution in [0.3, 0.4) is 0 Å². The maximum Gasteiger partial charge on any atom is 0.338 e. The van der Waals surface area contributed by atoms with Crippen molar-refractivity contribution in [2.75, 3.05) is 13.7 Å². The van der Waals surface area contributed by atoms with Crippen LogP contribution in [0.2, 0.25) is 0 Å². The Morgan fingerprint density at radius 3 is 2.41 bits per heavy atom. The lowest BCUT2D eigenvalue weighted by molar-refractivity contribution is -0.142. The van der Waals surface area contributed by atoms with Crippen LogP contribution in [0.25, 0.3) is 16.6 Å². The van der Waals surface area contributed by atoms with Crippen molar-refractivity contribution < 1.29 is 29.3 Å². The number of ether oxygens (including phenoxy) is 2. The van der Waals surface area contributed by atoms with Gasteiger partial charge in [0.15, 0.2) is 0 Å². The number of rotatable bonds is 6. The van der Waals surface area contributed by atoms with Crippen LogP contribution in [-0.2, 0) is 16.0 Å². The molecule has 2 aromatic carbocycles. The summed E-state index contributed by atoms with van der Waals surface area (Å²) < 4.78 is 11.9. The van der Waals surface area contributed by atoms with E-state index in [1.54, 1.807) is 48.9 Å². The molecule has 0 atom stereocenters. The summed E-state index contributed by atoms with van der Waals surface area (Å²) >= 11 is 0. The number of benzene rings is 2. The maximum atomic E-state index is 12.1. The van der Waals surface area contributed by atoms with E-state index in [0.717, 1.165) is 0 Å². The number of carboxylic acid groups (broad SMARTS) is 1. The summed E-state index contributed by atoms with van der Waals surface area (Å²) in [6, 6.07) is 11.5. The van der Waals surface area contributed by atoms with Crippen molar-refractivity contribution in [1.82, 2.24) is 4.57 Å². The zero-order chi connectivity index (χ0) is 19.6. The van der Waals surface area contributed by atoms with Gasteiger partial charge in [0.05, 0.1) is 31.2 Å². The molecule has 3 rings (SSSR count). The van der Waals surface area contributed by atoms with Gasteiger partial charge >= 0.3 is 11.9 Å². The van der Waals surface area contributed by atoms with E-state index in [2.05, 4.69) is 0 Å². The van der Waals surface area contributed by atoms with Crippen LogP contribution in [0.15, 0.2) is 42.5 Å². The van der Waals surface area contributed by atoms with E-state index >= 15 is 0 Å². The summed E-state index contributed by atoms with van der Waals surface area (Å²) in [5.41, 5.74) is 1.48. The molecule has 0 radical (unpaired) electrons. The lowest BCUT2D eigenvalue weighted by atomic mass is 10.1. The van der Waals surface area contributed by atoms with Crippen LogP contribution in [0.5, 0.6) is 11.5 Å². The number of aromatic nitrogens is 1. The quantitative estimate of drug-likeness (QED) is 0.648. The molecule has 0 aliphatic heterocycles. The molecule has 0 fully saturated rings. The van der Waals surface area contributed by atoms with Crippen molar-refractivity contribution in [1.29, 1.82) is 0 Å². The molecule has 2 N–H and O–H groups in total. The zero-order valence-corrected chi connectivity index (χ0v) is 14.9. The number of carboxylic acids is 1. The number of hydrogen-bond donors (Lipinski definition) is 2. The van der Waals surface area contributed by atoms with Crippen LogP contribution in [0.1, 0.15) is 23.0 Å². The molecule has 0 bridgehead atoms. The molecule has 1 aromatic heterocycles. The van der Waals surface area contributed by atoms with Gasteiger partial charge in [-0.1, -0.05) is 0 Å². The highest BCUT2D eigenvalue weighted by Gasteiger charge is 2.25. The number of aromatic carboxylic acids is 1. The van der Waals surface area contributed by atoms with Crippen LogP contribution >= 0.6 is 0 Å². The van der Waals surface area contributed by atoms with Crippen LogP contribution in [-0.4, -0.2) is 40.4 Å². The summed E-state index contributed by atoms with van der Waals surface area (Å²) in [6.45, 7) is 1.89. The van der Waals surface area contributed by atoms with Crippen LogP contribution < -0.4 is 4.74 Å². The zero-order valence-electron chi connectivity index (χ0n) is 14.9. The highest BCUT2D eigenvalue weighted by Crippen LogP contribution is 2.33. The Morgan fingerprint density at radius 2 is 1.81 bits per heavy atom. The maximum absolute atomic E-state index is 12.1. The highest BCUT2D eigenvalue weighted by molar-refractivity contribution is 6.07. The number of aromatic hydroxyl groups is 1. The van der Waals surface area contributed by atoms with Gasteiger partial charge in [-0.25, -0.2) is 4.79 Å². The molecular formula is C20H19NO6. The number of carbonyl (C=O) groups is 2. The summed E-state index contributed by atoms with van der Waals surface area (Å²) in [5, 5.41) is 19.9. The predicted molar refractivity (Wildman–Crippen MR) is 98.8 cm³/mol. The van der Waals surface area contributed by atoms with E-state index < -0.39 is 11.9 Å². The minimum atomic E-state index is -1.18. The van der Waals surface area contributed by atoms with Crippen molar-refractivity contribution in [2.24, 2.45) is 0 Å². The molecule has 0 amide bonds. The highest BCUT2D eigenvalue weighted by atomic mass is 16.5. The average Bonchev–Trinajstić information content (AvgIpc) is 2.94. The second kappa shape index (κ2) is 7.41. The van der Waals surface area contributed by atoms with E-state index in [0.29, 0.717) is 22.3 Å². The summed E-state index contributed by atoms with van der Waals surface area (Å²) in [5.74, 6) is -1.11. The first-order valence-electron chi connectivity index (χ1n) is 8.36. The SMILES string of the molecule is CCOC(=O)Cc1c(C(=O)O)c2cc(O)ccc2n1-c1ccc(OC)cc1. The molecule has 0 aliphatic rings. The number of esters is 1. The van der Waals surface area contributed by atoms with Gasteiger partial charge in [-0.3, -0.25) is 4.79 Å². The van der Waals surface area contributed by atoms with Gasteiger partial charge < -0.3 is 24.3 Å². The molecular weight excluding hydrogens is 350 g/mol. The first kappa shape index (κ1) is 18.3. The number of hydrogen-bond acceptors (Lipinski definition) is 5.